The number of fused-ring (bicyclic) bond motifs is 3. The van der Waals surface area contributed by atoms with Gasteiger partial charge in [-0.2, -0.15) is 0 Å². The normalized spacial score (nSPS) is 16.0. The van der Waals surface area contributed by atoms with Crippen LogP contribution in [0.3, 0.4) is 0 Å². The van der Waals surface area contributed by atoms with Crippen molar-refractivity contribution in [1.82, 2.24) is 9.88 Å². The largest absolute Gasteiger partial charge is 0.319 e. The van der Waals surface area contributed by atoms with E-state index in [9.17, 15) is 0 Å². The predicted molar refractivity (Wildman–Crippen MR) is 97.6 cm³/mol. The molecule has 0 saturated carbocycles. The summed E-state index contributed by atoms with van der Waals surface area (Å²) >= 11 is 0. The molecule has 2 aromatic carbocycles. The van der Waals surface area contributed by atoms with Crippen molar-refractivity contribution in [3.8, 4) is 5.69 Å². The fourth-order valence-electron chi connectivity index (χ4n) is 3.40. The van der Waals surface area contributed by atoms with Gasteiger partial charge < -0.3 is 9.88 Å². The fourth-order valence-corrected chi connectivity index (χ4v) is 3.40. The van der Waals surface area contributed by atoms with Gasteiger partial charge in [0.15, 0.2) is 0 Å². The Morgan fingerprint density at radius 3 is 2.70 bits per heavy atom. The number of hydrogen-bond donors (Lipinski definition) is 1. The number of para-hydroxylation sites is 1. The minimum absolute atomic E-state index is 0. The van der Waals surface area contributed by atoms with E-state index < -0.39 is 0 Å². The topological polar surface area (TPSA) is 17.0 Å². The lowest BCUT2D eigenvalue weighted by Crippen LogP contribution is -2.22. The summed E-state index contributed by atoms with van der Waals surface area (Å²) in [6.45, 7) is 5.24. The van der Waals surface area contributed by atoms with Gasteiger partial charge in [0.05, 0.1) is 6.04 Å². The molecule has 2 nitrogen and oxygen atoms in total. The summed E-state index contributed by atoms with van der Waals surface area (Å²) in [7, 11) is 0. The SMILES string of the molecule is Cc1ccc(C)c(C2NCc3ccccc3-n3cccc32)c1.Cl. The summed E-state index contributed by atoms with van der Waals surface area (Å²) in [6, 6.07) is 19.9. The van der Waals surface area contributed by atoms with Gasteiger partial charge in [-0.25, -0.2) is 0 Å². The summed E-state index contributed by atoms with van der Waals surface area (Å²) < 4.78 is 2.32. The Morgan fingerprint density at radius 1 is 1.00 bits per heavy atom. The molecule has 1 aromatic heterocycles. The molecule has 4 rings (SSSR count). The second-order valence-electron chi connectivity index (χ2n) is 6.11. The predicted octanol–water partition coefficient (Wildman–Crippen LogP) is 4.71. The van der Waals surface area contributed by atoms with Crippen LogP contribution in [0.4, 0.5) is 0 Å². The summed E-state index contributed by atoms with van der Waals surface area (Å²) in [5.74, 6) is 0. The first-order valence-corrected chi connectivity index (χ1v) is 7.80. The van der Waals surface area contributed by atoms with Gasteiger partial charge in [0.1, 0.15) is 0 Å². The van der Waals surface area contributed by atoms with Gasteiger partial charge in [-0.05, 0) is 48.7 Å². The molecule has 118 valence electrons. The minimum Gasteiger partial charge on any atom is -0.319 e. The number of rotatable bonds is 1. The highest BCUT2D eigenvalue weighted by Crippen LogP contribution is 2.32. The first-order chi connectivity index (χ1) is 10.7. The molecule has 1 aliphatic heterocycles. The highest BCUT2D eigenvalue weighted by molar-refractivity contribution is 5.85. The van der Waals surface area contributed by atoms with Crippen molar-refractivity contribution in [1.29, 1.82) is 0 Å². The van der Waals surface area contributed by atoms with Gasteiger partial charge in [0.2, 0.25) is 0 Å². The maximum absolute atomic E-state index is 3.74. The van der Waals surface area contributed by atoms with Crippen molar-refractivity contribution in [2.24, 2.45) is 0 Å². The zero-order valence-electron chi connectivity index (χ0n) is 13.4. The molecule has 0 spiro atoms. The van der Waals surface area contributed by atoms with Crippen LogP contribution in [-0.4, -0.2) is 4.57 Å². The summed E-state index contributed by atoms with van der Waals surface area (Å²) in [5, 5.41) is 3.74. The molecule has 0 saturated heterocycles. The molecule has 1 atom stereocenters. The van der Waals surface area contributed by atoms with Gasteiger partial charge in [-0.3, -0.25) is 0 Å². The van der Waals surface area contributed by atoms with E-state index in [0.717, 1.165) is 6.54 Å². The van der Waals surface area contributed by atoms with Crippen LogP contribution in [0.2, 0.25) is 0 Å². The molecule has 3 aromatic rings. The van der Waals surface area contributed by atoms with Crippen molar-refractivity contribution >= 4 is 12.4 Å². The van der Waals surface area contributed by atoms with Crippen molar-refractivity contribution < 1.29 is 0 Å². The summed E-state index contributed by atoms with van der Waals surface area (Å²) in [6.07, 6.45) is 2.17. The van der Waals surface area contributed by atoms with Crippen molar-refractivity contribution in [3.05, 3.63) is 88.7 Å². The molecule has 0 aliphatic carbocycles. The third kappa shape index (κ3) is 2.69. The van der Waals surface area contributed by atoms with Gasteiger partial charge >= 0.3 is 0 Å². The molecular formula is C20H21ClN2. The lowest BCUT2D eigenvalue weighted by atomic mass is 9.96. The Labute approximate surface area is 143 Å². The molecule has 23 heavy (non-hydrogen) atoms. The Hall–Kier alpha value is -2.03. The average Bonchev–Trinajstić information content (AvgIpc) is 2.95. The fraction of sp³-hybridized carbons (Fsp3) is 0.200. The number of aryl methyl sites for hydroxylation is 2. The molecule has 3 heteroatoms. The molecular weight excluding hydrogens is 304 g/mol. The number of benzene rings is 2. The van der Waals surface area contributed by atoms with E-state index in [1.807, 2.05) is 0 Å². The van der Waals surface area contributed by atoms with Crippen molar-refractivity contribution in [3.63, 3.8) is 0 Å². The molecule has 1 N–H and O–H groups in total. The van der Waals surface area contributed by atoms with Gasteiger partial charge in [0.25, 0.3) is 0 Å². The zero-order valence-corrected chi connectivity index (χ0v) is 14.2. The number of aromatic nitrogens is 1. The van der Waals surface area contributed by atoms with Crippen LogP contribution in [0.1, 0.15) is 34.0 Å². The molecule has 0 bridgehead atoms. The first kappa shape index (κ1) is 15.9. The average molecular weight is 325 g/mol. The monoisotopic (exact) mass is 324 g/mol. The van der Waals surface area contributed by atoms with Crippen LogP contribution >= 0.6 is 12.4 Å². The highest BCUT2D eigenvalue weighted by Gasteiger charge is 2.23. The Bertz CT molecular complexity index is 835. The quantitative estimate of drug-likeness (QED) is 0.686. The minimum atomic E-state index is 0. The van der Waals surface area contributed by atoms with E-state index in [1.165, 1.54) is 33.6 Å². The molecule has 1 aliphatic rings. The number of halogens is 1. The van der Waals surface area contributed by atoms with E-state index in [0.29, 0.717) is 0 Å². The summed E-state index contributed by atoms with van der Waals surface area (Å²) in [5.41, 5.74) is 7.94. The Balaban J connectivity index is 0.00000156. The molecule has 0 fully saturated rings. The lowest BCUT2D eigenvalue weighted by molar-refractivity contribution is 0.598. The highest BCUT2D eigenvalue weighted by atomic mass is 35.5. The maximum atomic E-state index is 3.74. The standard InChI is InChI=1S/C20H20N2.ClH/c1-14-9-10-15(2)17(12-14)20-19-8-5-11-22(19)18-7-4-3-6-16(18)13-21-20;/h3-12,20-21H,13H2,1-2H3;1H. The zero-order chi connectivity index (χ0) is 15.1. The first-order valence-electron chi connectivity index (χ1n) is 7.80. The second-order valence-corrected chi connectivity index (χ2v) is 6.11. The van der Waals surface area contributed by atoms with Gasteiger partial charge in [0, 0.05) is 24.1 Å². The van der Waals surface area contributed by atoms with Crippen LogP contribution in [0.5, 0.6) is 0 Å². The number of nitrogens with one attached hydrogen (secondary N) is 1. The molecule has 0 radical (unpaired) electrons. The molecule has 1 unspecified atom stereocenters. The lowest BCUT2D eigenvalue weighted by Gasteiger charge is -2.20. The van der Waals surface area contributed by atoms with E-state index in [1.54, 1.807) is 0 Å². The number of nitrogens with zero attached hydrogens (tertiary/aromatic N) is 1. The third-order valence-electron chi connectivity index (χ3n) is 4.57. The van der Waals surface area contributed by atoms with E-state index in [4.69, 9.17) is 0 Å². The molecule has 0 amide bonds. The van der Waals surface area contributed by atoms with Crippen LogP contribution in [0, 0.1) is 13.8 Å². The van der Waals surface area contributed by atoms with E-state index in [2.05, 4.69) is 84.5 Å². The maximum Gasteiger partial charge on any atom is 0.0740 e. The Kier molecular flexibility index (Phi) is 4.29. The van der Waals surface area contributed by atoms with Crippen molar-refractivity contribution in [2.45, 2.75) is 26.4 Å². The third-order valence-corrected chi connectivity index (χ3v) is 4.57. The van der Waals surface area contributed by atoms with Gasteiger partial charge in [-0.15, -0.1) is 12.4 Å². The van der Waals surface area contributed by atoms with E-state index >= 15 is 0 Å². The summed E-state index contributed by atoms with van der Waals surface area (Å²) in [4.78, 5) is 0. The second kappa shape index (κ2) is 6.23. The van der Waals surface area contributed by atoms with Crippen LogP contribution in [0.25, 0.3) is 5.69 Å². The van der Waals surface area contributed by atoms with Crippen LogP contribution in [-0.2, 0) is 6.54 Å². The Morgan fingerprint density at radius 2 is 1.83 bits per heavy atom. The molecule has 2 heterocycles. The van der Waals surface area contributed by atoms with Crippen LogP contribution in [0.15, 0.2) is 60.8 Å². The van der Waals surface area contributed by atoms with Crippen LogP contribution < -0.4 is 5.32 Å². The smallest absolute Gasteiger partial charge is 0.0740 e. The van der Waals surface area contributed by atoms with E-state index in [-0.39, 0.29) is 18.4 Å². The van der Waals surface area contributed by atoms with Crippen molar-refractivity contribution in [2.75, 3.05) is 0 Å². The number of hydrogen-bond acceptors (Lipinski definition) is 1. The van der Waals surface area contributed by atoms with Gasteiger partial charge in [-0.1, -0.05) is 42.0 Å².